The van der Waals surface area contributed by atoms with Crippen molar-refractivity contribution < 1.29 is 19.4 Å². The Kier molecular flexibility index (Phi) is 6.92. The number of carbonyl (C=O) groups is 1. The molecule has 1 fully saturated rings. The van der Waals surface area contributed by atoms with Crippen LogP contribution in [0.15, 0.2) is 48.5 Å². The van der Waals surface area contributed by atoms with Gasteiger partial charge in [0.25, 0.3) is 5.91 Å². The lowest BCUT2D eigenvalue weighted by molar-refractivity contribution is -0.123. The summed E-state index contributed by atoms with van der Waals surface area (Å²) in [7, 11) is 0. The van der Waals surface area contributed by atoms with Crippen LogP contribution >= 0.6 is 11.6 Å². The largest absolute Gasteiger partial charge is 0.484 e. The highest BCUT2D eigenvalue weighted by molar-refractivity contribution is 6.30. The van der Waals surface area contributed by atoms with Crippen LogP contribution in [0.4, 0.5) is 5.69 Å². The number of anilines is 1. The second kappa shape index (κ2) is 9.60. The van der Waals surface area contributed by atoms with Crippen molar-refractivity contribution in [3.8, 4) is 5.75 Å². The number of benzene rings is 2. The summed E-state index contributed by atoms with van der Waals surface area (Å²) in [5.74, 6) is 0.266. The second-order valence-corrected chi connectivity index (χ2v) is 6.69. The van der Waals surface area contributed by atoms with E-state index in [-0.39, 0.29) is 19.1 Å². The average molecular weight is 391 g/mol. The number of amides is 1. The zero-order valence-corrected chi connectivity index (χ0v) is 15.7. The SMILES string of the molecule is O=C(COc1ccc(Cl)cc1)NCC(O)c1ccc(N2CCOCC2)cc1. The Morgan fingerprint density at radius 3 is 2.48 bits per heavy atom. The number of ether oxygens (including phenoxy) is 2. The quantitative estimate of drug-likeness (QED) is 0.759. The number of nitrogens with one attached hydrogen (secondary N) is 1. The van der Waals surface area contributed by atoms with E-state index in [0.29, 0.717) is 10.8 Å². The summed E-state index contributed by atoms with van der Waals surface area (Å²) in [5.41, 5.74) is 1.86. The molecule has 2 aromatic rings. The summed E-state index contributed by atoms with van der Waals surface area (Å²) in [4.78, 5) is 14.1. The molecule has 0 radical (unpaired) electrons. The fourth-order valence-electron chi connectivity index (χ4n) is 2.79. The molecule has 144 valence electrons. The van der Waals surface area contributed by atoms with E-state index in [9.17, 15) is 9.90 Å². The Morgan fingerprint density at radius 1 is 1.15 bits per heavy atom. The van der Waals surface area contributed by atoms with Crippen LogP contribution in [0.1, 0.15) is 11.7 Å². The van der Waals surface area contributed by atoms with E-state index in [4.69, 9.17) is 21.1 Å². The number of rotatable bonds is 7. The summed E-state index contributed by atoms with van der Waals surface area (Å²) < 4.78 is 10.7. The molecule has 0 spiro atoms. The van der Waals surface area contributed by atoms with E-state index in [2.05, 4.69) is 10.2 Å². The smallest absolute Gasteiger partial charge is 0.258 e. The zero-order chi connectivity index (χ0) is 19.1. The van der Waals surface area contributed by atoms with Gasteiger partial charge in [-0.3, -0.25) is 4.79 Å². The highest BCUT2D eigenvalue weighted by Crippen LogP contribution is 2.20. The van der Waals surface area contributed by atoms with Crippen LogP contribution in [-0.2, 0) is 9.53 Å². The first kappa shape index (κ1) is 19.5. The van der Waals surface area contributed by atoms with Crippen LogP contribution < -0.4 is 15.0 Å². The van der Waals surface area contributed by atoms with Crippen LogP contribution in [0.3, 0.4) is 0 Å². The van der Waals surface area contributed by atoms with Crippen LogP contribution in [-0.4, -0.2) is 50.5 Å². The van der Waals surface area contributed by atoms with Crippen molar-refractivity contribution in [1.82, 2.24) is 5.32 Å². The maximum atomic E-state index is 11.9. The molecule has 2 N–H and O–H groups in total. The van der Waals surface area contributed by atoms with E-state index < -0.39 is 6.10 Å². The number of morpholine rings is 1. The topological polar surface area (TPSA) is 71.0 Å². The van der Waals surface area contributed by atoms with Gasteiger partial charge < -0.3 is 24.8 Å². The molecule has 7 heteroatoms. The first-order chi connectivity index (χ1) is 13.1. The van der Waals surface area contributed by atoms with Crippen molar-refractivity contribution in [3.05, 3.63) is 59.1 Å². The maximum Gasteiger partial charge on any atom is 0.258 e. The molecule has 1 heterocycles. The number of hydrogen-bond acceptors (Lipinski definition) is 5. The summed E-state index contributed by atoms with van der Waals surface area (Å²) in [6, 6.07) is 14.5. The van der Waals surface area contributed by atoms with E-state index in [0.717, 1.165) is 37.6 Å². The van der Waals surface area contributed by atoms with Gasteiger partial charge in [-0.05, 0) is 42.0 Å². The van der Waals surface area contributed by atoms with Crippen molar-refractivity contribution in [2.75, 3.05) is 44.4 Å². The fourth-order valence-corrected chi connectivity index (χ4v) is 2.91. The van der Waals surface area contributed by atoms with Crippen molar-refractivity contribution in [1.29, 1.82) is 0 Å². The molecule has 6 nitrogen and oxygen atoms in total. The van der Waals surface area contributed by atoms with Gasteiger partial charge in [0.2, 0.25) is 0 Å². The van der Waals surface area contributed by atoms with Crippen molar-refractivity contribution in [2.45, 2.75) is 6.10 Å². The third-order valence-corrected chi connectivity index (χ3v) is 4.58. The first-order valence-electron chi connectivity index (χ1n) is 8.87. The van der Waals surface area contributed by atoms with Crippen molar-refractivity contribution in [2.24, 2.45) is 0 Å². The van der Waals surface area contributed by atoms with Crippen LogP contribution in [0.25, 0.3) is 0 Å². The molecule has 0 aliphatic carbocycles. The highest BCUT2D eigenvalue weighted by Gasteiger charge is 2.13. The minimum absolute atomic E-state index is 0.121. The lowest BCUT2D eigenvalue weighted by Gasteiger charge is -2.29. The van der Waals surface area contributed by atoms with Crippen LogP contribution in [0.2, 0.25) is 5.02 Å². The van der Waals surface area contributed by atoms with Gasteiger partial charge in [-0.1, -0.05) is 23.7 Å². The normalized spacial score (nSPS) is 15.3. The van der Waals surface area contributed by atoms with Gasteiger partial charge in [0.05, 0.1) is 19.3 Å². The Morgan fingerprint density at radius 2 is 1.81 bits per heavy atom. The van der Waals surface area contributed by atoms with Gasteiger partial charge >= 0.3 is 0 Å². The Labute approximate surface area is 163 Å². The third kappa shape index (κ3) is 5.85. The summed E-state index contributed by atoms with van der Waals surface area (Å²) in [6.07, 6.45) is -0.775. The Balaban J connectivity index is 1.43. The molecule has 3 rings (SSSR count). The third-order valence-electron chi connectivity index (χ3n) is 4.33. The molecule has 0 saturated carbocycles. The number of halogens is 1. The average Bonchev–Trinajstić information content (AvgIpc) is 2.72. The van der Waals surface area contributed by atoms with Crippen LogP contribution in [0, 0.1) is 0 Å². The lowest BCUT2D eigenvalue weighted by atomic mass is 10.1. The Bertz CT molecular complexity index is 731. The molecular formula is C20H23ClN2O4. The first-order valence-corrected chi connectivity index (χ1v) is 9.25. The van der Waals surface area contributed by atoms with Gasteiger partial charge in [-0.2, -0.15) is 0 Å². The predicted molar refractivity (Wildman–Crippen MR) is 104 cm³/mol. The monoisotopic (exact) mass is 390 g/mol. The molecule has 1 aliphatic heterocycles. The van der Waals surface area contributed by atoms with E-state index in [1.807, 2.05) is 24.3 Å². The van der Waals surface area contributed by atoms with Gasteiger partial charge in [0.15, 0.2) is 6.61 Å². The number of aliphatic hydroxyl groups excluding tert-OH is 1. The second-order valence-electron chi connectivity index (χ2n) is 6.25. The van der Waals surface area contributed by atoms with Gasteiger partial charge in [-0.25, -0.2) is 0 Å². The molecule has 1 aliphatic rings. The standard InChI is InChI=1S/C20H23ClN2O4/c21-16-3-7-18(8-4-16)27-14-20(25)22-13-19(24)15-1-5-17(6-2-15)23-9-11-26-12-10-23/h1-8,19,24H,9-14H2,(H,22,25). The number of carbonyl (C=O) groups excluding carboxylic acids is 1. The fraction of sp³-hybridized carbons (Fsp3) is 0.350. The minimum Gasteiger partial charge on any atom is -0.484 e. The number of hydrogen-bond donors (Lipinski definition) is 2. The summed E-state index contributed by atoms with van der Waals surface area (Å²) in [5, 5.41) is 13.6. The summed E-state index contributed by atoms with van der Waals surface area (Å²) in [6.45, 7) is 3.20. The lowest BCUT2D eigenvalue weighted by Crippen LogP contribution is -2.36. The van der Waals surface area contributed by atoms with E-state index in [1.54, 1.807) is 24.3 Å². The van der Waals surface area contributed by atoms with Crippen LogP contribution in [0.5, 0.6) is 5.75 Å². The highest BCUT2D eigenvalue weighted by atomic mass is 35.5. The Hall–Kier alpha value is -2.28. The molecule has 0 bridgehead atoms. The molecule has 2 aromatic carbocycles. The molecule has 1 atom stereocenters. The van der Waals surface area contributed by atoms with E-state index >= 15 is 0 Å². The summed E-state index contributed by atoms with van der Waals surface area (Å²) >= 11 is 5.80. The maximum absolute atomic E-state index is 11.9. The molecular weight excluding hydrogens is 368 g/mol. The molecule has 1 unspecified atom stereocenters. The molecule has 27 heavy (non-hydrogen) atoms. The van der Waals surface area contributed by atoms with E-state index in [1.165, 1.54) is 0 Å². The van der Waals surface area contributed by atoms with Crippen molar-refractivity contribution in [3.63, 3.8) is 0 Å². The number of nitrogens with zero attached hydrogens (tertiary/aromatic N) is 1. The molecule has 1 amide bonds. The van der Waals surface area contributed by atoms with Crippen molar-refractivity contribution >= 4 is 23.2 Å². The molecule has 1 saturated heterocycles. The zero-order valence-electron chi connectivity index (χ0n) is 14.9. The minimum atomic E-state index is -0.775. The van der Waals surface area contributed by atoms with Gasteiger partial charge in [-0.15, -0.1) is 0 Å². The number of aliphatic hydroxyl groups is 1. The van der Waals surface area contributed by atoms with Gasteiger partial charge in [0, 0.05) is 30.3 Å². The van der Waals surface area contributed by atoms with Gasteiger partial charge in [0.1, 0.15) is 5.75 Å². The predicted octanol–water partition coefficient (Wildman–Crippen LogP) is 2.41. The molecule has 0 aromatic heterocycles.